The third-order valence-corrected chi connectivity index (χ3v) is 4.21. The third kappa shape index (κ3) is 8.37. The Morgan fingerprint density at radius 3 is 2.64 bits per heavy atom. The molecule has 1 aromatic rings. The van der Waals surface area contributed by atoms with E-state index < -0.39 is 0 Å². The molecule has 2 atom stereocenters. The molecule has 1 aromatic carbocycles. The maximum absolute atomic E-state index is 5.84. The molecule has 0 amide bonds. The van der Waals surface area contributed by atoms with Crippen molar-refractivity contribution in [3.63, 3.8) is 0 Å². The van der Waals surface area contributed by atoms with Gasteiger partial charge >= 0.3 is 0 Å². The molecule has 25 heavy (non-hydrogen) atoms. The fourth-order valence-corrected chi connectivity index (χ4v) is 2.66. The summed E-state index contributed by atoms with van der Waals surface area (Å²) in [4.78, 5) is 4.28. The maximum Gasteiger partial charge on any atom is 0.191 e. The molecule has 1 fully saturated rings. The van der Waals surface area contributed by atoms with Crippen LogP contribution in [0.2, 0.25) is 0 Å². The first-order chi connectivity index (χ1) is 11.7. The molecule has 0 aromatic heterocycles. The highest BCUT2D eigenvalue weighted by Gasteiger charge is 2.17. The number of guanidine groups is 1. The largest absolute Gasteiger partial charge is 0.379 e. The molecule has 5 nitrogen and oxygen atoms in total. The Bertz CT molecular complexity index is 502. The van der Waals surface area contributed by atoms with Gasteiger partial charge in [-0.05, 0) is 37.3 Å². The average Bonchev–Trinajstić information content (AvgIpc) is 3.13. The Kier molecular flexibility index (Phi) is 11.1. The third-order valence-electron chi connectivity index (χ3n) is 4.21. The summed E-state index contributed by atoms with van der Waals surface area (Å²) < 4.78 is 11.2. The lowest BCUT2D eigenvalue weighted by molar-refractivity contribution is 0.0347. The molecule has 0 bridgehead atoms. The first kappa shape index (κ1) is 22.2. The number of aryl methyl sites for hydroxylation is 1. The van der Waals surface area contributed by atoms with Gasteiger partial charge in [-0.15, -0.1) is 24.0 Å². The number of aliphatic imine (C=N–C) groups is 1. The number of hydrogen-bond donors (Lipinski definition) is 2. The molecular weight excluding hydrogens is 429 g/mol. The molecule has 1 heterocycles. The molecule has 142 valence electrons. The topological polar surface area (TPSA) is 54.9 Å². The van der Waals surface area contributed by atoms with E-state index in [9.17, 15) is 0 Å². The van der Waals surface area contributed by atoms with E-state index >= 15 is 0 Å². The van der Waals surface area contributed by atoms with Crippen LogP contribution in [-0.2, 0) is 22.3 Å². The van der Waals surface area contributed by atoms with Gasteiger partial charge in [0.2, 0.25) is 0 Å². The summed E-state index contributed by atoms with van der Waals surface area (Å²) in [6.45, 7) is 7.33. The van der Waals surface area contributed by atoms with Crippen molar-refractivity contribution in [1.29, 1.82) is 0 Å². The summed E-state index contributed by atoms with van der Waals surface area (Å²) in [6, 6.07) is 9.03. The van der Waals surface area contributed by atoms with Gasteiger partial charge in [0.15, 0.2) is 5.96 Å². The Hall–Kier alpha value is -0.860. The van der Waals surface area contributed by atoms with Crippen LogP contribution in [0.3, 0.4) is 0 Å². The van der Waals surface area contributed by atoms with Gasteiger partial charge in [0.25, 0.3) is 0 Å². The van der Waals surface area contributed by atoms with Gasteiger partial charge in [-0.1, -0.05) is 31.2 Å². The van der Waals surface area contributed by atoms with Crippen molar-refractivity contribution in [3.8, 4) is 0 Å². The molecule has 2 N–H and O–H groups in total. The minimum Gasteiger partial charge on any atom is -0.379 e. The van der Waals surface area contributed by atoms with Gasteiger partial charge in [0.1, 0.15) is 0 Å². The number of rotatable bonds is 8. The summed E-state index contributed by atoms with van der Waals surface area (Å²) in [5.74, 6) is 0.818. The van der Waals surface area contributed by atoms with Crippen molar-refractivity contribution in [2.24, 2.45) is 4.99 Å². The van der Waals surface area contributed by atoms with Crippen LogP contribution >= 0.6 is 24.0 Å². The minimum absolute atomic E-state index is 0. The van der Waals surface area contributed by atoms with Crippen molar-refractivity contribution in [1.82, 2.24) is 10.6 Å². The van der Waals surface area contributed by atoms with Crippen LogP contribution in [-0.4, -0.2) is 51.5 Å². The summed E-state index contributed by atoms with van der Waals surface area (Å²) >= 11 is 0. The highest BCUT2D eigenvalue weighted by Crippen LogP contribution is 2.08. The van der Waals surface area contributed by atoms with Crippen LogP contribution in [0.25, 0.3) is 0 Å². The molecular formula is C19H32IN3O2. The fraction of sp³-hybridized carbons (Fsp3) is 0.632. The van der Waals surface area contributed by atoms with Crippen molar-refractivity contribution in [2.75, 3.05) is 33.4 Å². The lowest BCUT2D eigenvalue weighted by atomic mass is 10.1. The first-order valence-electron chi connectivity index (χ1n) is 8.95. The number of hydrogen-bond acceptors (Lipinski definition) is 3. The van der Waals surface area contributed by atoms with E-state index in [1.807, 2.05) is 0 Å². The fourth-order valence-electron chi connectivity index (χ4n) is 2.66. The zero-order valence-electron chi connectivity index (χ0n) is 15.6. The highest BCUT2D eigenvalue weighted by molar-refractivity contribution is 14.0. The zero-order chi connectivity index (χ0) is 17.2. The standard InChI is InChI=1S/C19H31N3O2.HI/c1-4-16-5-7-17(8-6-16)9-11-21-19(20-3)22-15(2)13-24-18-10-12-23-14-18;/h5-8,15,18H,4,9-14H2,1-3H3,(H2,20,21,22);1H. The number of nitrogens with one attached hydrogen (secondary N) is 2. The second-order valence-electron chi connectivity index (χ2n) is 6.28. The van der Waals surface area contributed by atoms with Crippen LogP contribution in [0.1, 0.15) is 31.4 Å². The second-order valence-corrected chi connectivity index (χ2v) is 6.28. The monoisotopic (exact) mass is 461 g/mol. The van der Waals surface area contributed by atoms with Gasteiger partial charge in [0, 0.05) is 26.2 Å². The predicted octanol–water partition coefficient (Wildman–Crippen LogP) is 2.77. The number of halogens is 1. The van der Waals surface area contributed by atoms with E-state index in [-0.39, 0.29) is 36.1 Å². The lowest BCUT2D eigenvalue weighted by Crippen LogP contribution is -2.45. The Balaban J connectivity index is 0.00000312. The number of benzene rings is 1. The van der Waals surface area contributed by atoms with Gasteiger partial charge in [-0.2, -0.15) is 0 Å². The highest BCUT2D eigenvalue weighted by atomic mass is 127. The van der Waals surface area contributed by atoms with Gasteiger partial charge in [0.05, 0.1) is 19.3 Å². The number of nitrogens with zero attached hydrogens (tertiary/aromatic N) is 1. The lowest BCUT2D eigenvalue weighted by Gasteiger charge is -2.19. The van der Waals surface area contributed by atoms with E-state index in [2.05, 4.69) is 53.7 Å². The predicted molar refractivity (Wildman–Crippen MR) is 114 cm³/mol. The first-order valence-corrected chi connectivity index (χ1v) is 8.95. The zero-order valence-corrected chi connectivity index (χ0v) is 17.9. The minimum atomic E-state index is 0. The molecule has 0 saturated carbocycles. The van der Waals surface area contributed by atoms with Crippen LogP contribution in [0.5, 0.6) is 0 Å². The summed E-state index contributed by atoms with van der Waals surface area (Å²) in [5, 5.41) is 6.73. The van der Waals surface area contributed by atoms with Crippen molar-refractivity contribution in [2.45, 2.75) is 45.3 Å². The van der Waals surface area contributed by atoms with E-state index in [1.54, 1.807) is 7.05 Å². The van der Waals surface area contributed by atoms with E-state index in [0.717, 1.165) is 45.0 Å². The molecule has 1 aliphatic heterocycles. The van der Waals surface area contributed by atoms with Crippen molar-refractivity contribution in [3.05, 3.63) is 35.4 Å². The quantitative estimate of drug-likeness (QED) is 0.355. The summed E-state index contributed by atoms with van der Waals surface area (Å²) in [5.41, 5.74) is 2.72. The molecule has 1 saturated heterocycles. The van der Waals surface area contributed by atoms with E-state index in [0.29, 0.717) is 6.61 Å². The SMILES string of the molecule is CCc1ccc(CCNC(=NC)NC(C)COC2CCOC2)cc1.I. The molecule has 1 aliphatic rings. The molecule has 0 aliphatic carbocycles. The molecule has 0 radical (unpaired) electrons. The van der Waals surface area contributed by atoms with E-state index in [4.69, 9.17) is 9.47 Å². The second kappa shape index (κ2) is 12.5. The molecule has 2 rings (SSSR count). The van der Waals surface area contributed by atoms with Crippen LogP contribution < -0.4 is 10.6 Å². The number of ether oxygens (including phenoxy) is 2. The molecule has 2 unspecified atom stereocenters. The smallest absolute Gasteiger partial charge is 0.191 e. The van der Waals surface area contributed by atoms with Gasteiger partial charge in [-0.3, -0.25) is 4.99 Å². The normalized spacial score (nSPS) is 18.5. The Labute approximate surface area is 169 Å². The maximum atomic E-state index is 5.84. The summed E-state index contributed by atoms with van der Waals surface area (Å²) in [6.07, 6.45) is 3.31. The Morgan fingerprint density at radius 1 is 1.32 bits per heavy atom. The van der Waals surface area contributed by atoms with Crippen molar-refractivity contribution >= 4 is 29.9 Å². The van der Waals surface area contributed by atoms with Crippen LogP contribution in [0.15, 0.2) is 29.3 Å². The van der Waals surface area contributed by atoms with Crippen LogP contribution in [0, 0.1) is 0 Å². The van der Waals surface area contributed by atoms with Crippen LogP contribution in [0.4, 0.5) is 0 Å². The van der Waals surface area contributed by atoms with E-state index in [1.165, 1.54) is 11.1 Å². The molecule has 0 spiro atoms. The van der Waals surface area contributed by atoms with Gasteiger partial charge in [-0.25, -0.2) is 0 Å². The van der Waals surface area contributed by atoms with Crippen molar-refractivity contribution < 1.29 is 9.47 Å². The Morgan fingerprint density at radius 2 is 2.04 bits per heavy atom. The summed E-state index contributed by atoms with van der Waals surface area (Å²) in [7, 11) is 1.80. The average molecular weight is 461 g/mol. The van der Waals surface area contributed by atoms with Gasteiger partial charge < -0.3 is 20.1 Å². The molecule has 6 heteroatoms.